The molecule has 0 aromatic carbocycles. The molecule has 0 saturated carbocycles. The monoisotopic (exact) mass is 338 g/mol. The number of likely N-dealkylation sites (tertiary alicyclic amines) is 1. The van der Waals surface area contributed by atoms with Crippen molar-refractivity contribution in [3.8, 4) is 0 Å². The Morgan fingerprint density at radius 2 is 1.88 bits per heavy atom. The first-order valence-corrected chi connectivity index (χ1v) is 6.99. The van der Waals surface area contributed by atoms with E-state index in [1.54, 1.807) is 18.7 Å². The van der Waals surface area contributed by atoms with Crippen LogP contribution in [0.1, 0.15) is 28.1 Å². The van der Waals surface area contributed by atoms with Crippen LogP contribution >= 0.6 is 0 Å². The fourth-order valence-electron chi connectivity index (χ4n) is 1.84. The molecule has 1 aliphatic heterocycles. The average Bonchev–Trinajstić information content (AvgIpc) is 2.16. The summed E-state index contributed by atoms with van der Waals surface area (Å²) in [6, 6.07) is -0.0856. The van der Waals surface area contributed by atoms with Crippen LogP contribution in [0.5, 0.6) is 0 Å². The number of hydrogen-bond acceptors (Lipinski definition) is 3. The molecule has 0 unspecified atom stereocenters. The molecule has 1 N–H and O–H groups in total. The molecular weight excluding hydrogens is 317 g/mol. The minimum Gasteiger partial charge on any atom is -0.367 e. The minimum atomic E-state index is -3.24. The normalized spacial score (nSPS) is 17.9. The van der Waals surface area contributed by atoms with E-state index in [4.69, 9.17) is 0 Å². The number of amides is 1. The molecule has 1 fully saturated rings. The van der Waals surface area contributed by atoms with Gasteiger partial charge < -0.3 is 16.6 Å². The van der Waals surface area contributed by atoms with Crippen molar-refractivity contribution < 1.29 is 47.3 Å². The summed E-state index contributed by atoms with van der Waals surface area (Å²) in [5, 5.41) is -0.384. The van der Waals surface area contributed by atoms with Crippen LogP contribution in [0, 0.1) is 6.92 Å². The molecule has 1 radical (unpaired) electrons. The van der Waals surface area contributed by atoms with Gasteiger partial charge in [-0.2, -0.15) is 0 Å². The number of nitrogens with zero attached hydrogens (tertiary/aromatic N) is 1. The molecule has 0 atom stereocenters. The standard InChI is InChI=1S/C10H19N2O3S.Y.H2/c1-8(2)11-16(14,15)10-4-6-12(7-5-10)9(3)13;;/h8,10-11H,3-7H2,1-2H3;;1H/q-1;;. The van der Waals surface area contributed by atoms with Crippen LogP contribution in [-0.4, -0.2) is 43.6 Å². The molecular formula is C10H21N2O3SY-. The van der Waals surface area contributed by atoms with Gasteiger partial charge in [0.25, 0.3) is 0 Å². The van der Waals surface area contributed by atoms with Crippen molar-refractivity contribution in [3.63, 3.8) is 0 Å². The van der Waals surface area contributed by atoms with E-state index in [1.165, 1.54) is 0 Å². The maximum atomic E-state index is 11.8. The molecule has 0 bridgehead atoms. The number of piperidine rings is 1. The Kier molecular flexibility index (Phi) is 7.22. The van der Waals surface area contributed by atoms with Gasteiger partial charge in [-0.25, -0.2) is 13.1 Å². The van der Waals surface area contributed by atoms with Gasteiger partial charge in [0.1, 0.15) is 0 Å². The van der Waals surface area contributed by atoms with Crippen molar-refractivity contribution in [2.24, 2.45) is 0 Å². The number of carbonyl (C=O) groups excluding carboxylic acids is 1. The minimum absolute atomic E-state index is 0. The van der Waals surface area contributed by atoms with Gasteiger partial charge in [-0.1, -0.05) is 0 Å². The van der Waals surface area contributed by atoms with E-state index in [1.807, 2.05) is 0 Å². The molecule has 1 rings (SSSR count). The summed E-state index contributed by atoms with van der Waals surface area (Å²) in [5.74, 6) is -0.229. The first-order chi connectivity index (χ1) is 7.33. The van der Waals surface area contributed by atoms with Gasteiger partial charge in [0.2, 0.25) is 10.0 Å². The van der Waals surface area contributed by atoms with Crippen LogP contribution < -0.4 is 4.72 Å². The van der Waals surface area contributed by atoms with Crippen molar-refractivity contribution in [3.05, 3.63) is 6.92 Å². The van der Waals surface area contributed by atoms with Crippen LogP contribution in [0.25, 0.3) is 0 Å². The molecule has 99 valence electrons. The summed E-state index contributed by atoms with van der Waals surface area (Å²) in [4.78, 5) is 12.6. The molecule has 0 spiro atoms. The number of sulfonamides is 1. The number of hydrogen-bond donors (Lipinski definition) is 1. The van der Waals surface area contributed by atoms with Crippen LogP contribution in [0.4, 0.5) is 0 Å². The summed E-state index contributed by atoms with van der Waals surface area (Å²) in [5.41, 5.74) is 0. The van der Waals surface area contributed by atoms with E-state index in [0.717, 1.165) is 0 Å². The third-order valence-corrected chi connectivity index (χ3v) is 4.78. The zero-order chi connectivity index (χ0) is 12.3. The van der Waals surface area contributed by atoms with Gasteiger partial charge in [-0.3, -0.25) is 0 Å². The molecule has 0 aromatic heterocycles. The second-order valence-electron chi connectivity index (χ2n) is 4.40. The predicted molar refractivity (Wildman–Crippen MR) is 64.3 cm³/mol. The third-order valence-electron chi connectivity index (χ3n) is 2.63. The molecule has 0 aromatic rings. The van der Waals surface area contributed by atoms with Crippen molar-refractivity contribution in [2.45, 2.75) is 38.0 Å². The fraction of sp³-hybridized carbons (Fsp3) is 0.800. The Morgan fingerprint density at radius 3 is 2.24 bits per heavy atom. The van der Waals surface area contributed by atoms with E-state index < -0.39 is 10.0 Å². The van der Waals surface area contributed by atoms with Crippen molar-refractivity contribution >= 4 is 15.9 Å². The maximum Gasteiger partial charge on any atom is 0.214 e. The first kappa shape index (κ1) is 17.4. The molecule has 1 amide bonds. The predicted octanol–water partition coefficient (Wildman–Crippen LogP) is 0.383. The summed E-state index contributed by atoms with van der Waals surface area (Å²) >= 11 is 0. The van der Waals surface area contributed by atoms with E-state index in [0.29, 0.717) is 25.9 Å². The zero-order valence-electron chi connectivity index (χ0n) is 10.3. The molecule has 1 saturated heterocycles. The fourth-order valence-corrected chi connectivity index (χ4v) is 3.52. The summed E-state index contributed by atoms with van der Waals surface area (Å²) in [7, 11) is -3.24. The van der Waals surface area contributed by atoms with Gasteiger partial charge in [-0.05, 0) is 26.7 Å². The Labute approximate surface area is 130 Å². The molecule has 0 aliphatic carbocycles. The molecule has 1 heterocycles. The average molecular weight is 338 g/mol. The maximum absolute atomic E-state index is 11.8. The van der Waals surface area contributed by atoms with Crippen molar-refractivity contribution in [1.29, 1.82) is 0 Å². The van der Waals surface area contributed by atoms with Crippen molar-refractivity contribution in [2.75, 3.05) is 13.1 Å². The van der Waals surface area contributed by atoms with Crippen LogP contribution in [0.15, 0.2) is 0 Å². The number of carbonyl (C=O) groups is 1. The first-order valence-electron chi connectivity index (χ1n) is 5.45. The Hall–Kier alpha value is 0.354. The molecule has 17 heavy (non-hydrogen) atoms. The third kappa shape index (κ3) is 5.24. The van der Waals surface area contributed by atoms with Crippen LogP contribution in [0.3, 0.4) is 0 Å². The smallest absolute Gasteiger partial charge is 0.214 e. The van der Waals surface area contributed by atoms with Gasteiger partial charge in [-0.15, -0.1) is 0 Å². The van der Waals surface area contributed by atoms with Gasteiger partial charge in [0.05, 0.1) is 11.2 Å². The Morgan fingerprint density at radius 1 is 1.41 bits per heavy atom. The van der Waals surface area contributed by atoms with Crippen LogP contribution in [-0.2, 0) is 47.5 Å². The quantitative estimate of drug-likeness (QED) is 0.757. The second-order valence-corrected chi connectivity index (χ2v) is 6.39. The van der Waals surface area contributed by atoms with Gasteiger partial charge in [0.15, 0.2) is 0 Å². The van der Waals surface area contributed by atoms with Gasteiger partial charge in [0, 0.05) is 53.3 Å². The van der Waals surface area contributed by atoms with E-state index in [2.05, 4.69) is 11.6 Å². The summed E-state index contributed by atoms with van der Waals surface area (Å²) in [6.07, 6.45) is 0.979. The van der Waals surface area contributed by atoms with Crippen LogP contribution in [0.2, 0.25) is 0 Å². The summed E-state index contributed by atoms with van der Waals surface area (Å²) < 4.78 is 26.3. The van der Waals surface area contributed by atoms with E-state index in [-0.39, 0.29) is 51.3 Å². The Bertz CT molecular complexity index is 354. The molecule has 7 heteroatoms. The molecule has 5 nitrogen and oxygen atoms in total. The zero-order valence-corrected chi connectivity index (χ0v) is 14.0. The van der Waals surface area contributed by atoms with E-state index in [9.17, 15) is 13.2 Å². The second kappa shape index (κ2) is 7.07. The van der Waals surface area contributed by atoms with Crippen molar-refractivity contribution in [1.82, 2.24) is 9.62 Å². The van der Waals surface area contributed by atoms with Gasteiger partial charge >= 0.3 is 0 Å². The summed E-state index contributed by atoms with van der Waals surface area (Å²) in [6.45, 7) is 7.87. The van der Waals surface area contributed by atoms with E-state index >= 15 is 0 Å². The Balaban J connectivity index is 0. The largest absolute Gasteiger partial charge is 0.367 e. The number of nitrogens with one attached hydrogen (secondary N) is 1. The SMILES string of the molecule is [CH2-]C(=O)N1CCC(S(=O)(=O)NC(C)C)CC1.[HH].[Y]. The number of rotatable bonds is 3. The topological polar surface area (TPSA) is 66.5 Å². The molecule has 1 aliphatic rings.